The lowest BCUT2D eigenvalue weighted by molar-refractivity contribution is -0.155. The van der Waals surface area contributed by atoms with Gasteiger partial charge in [0.15, 0.2) is 0 Å². The fourth-order valence-electron chi connectivity index (χ4n) is 1.59. The second-order valence-corrected chi connectivity index (χ2v) is 3.94. The molecule has 0 N–H and O–H groups in total. The van der Waals surface area contributed by atoms with Crippen molar-refractivity contribution in [1.29, 1.82) is 5.26 Å². The van der Waals surface area contributed by atoms with Gasteiger partial charge in [-0.05, 0) is 6.07 Å². The zero-order chi connectivity index (χ0) is 16.7. The van der Waals surface area contributed by atoms with Gasteiger partial charge in [-0.1, -0.05) is 0 Å². The highest BCUT2D eigenvalue weighted by atomic mass is 19.4. The van der Waals surface area contributed by atoms with Gasteiger partial charge >= 0.3 is 11.9 Å². The molecule has 1 heterocycles. The molecule has 0 aliphatic heterocycles. The van der Waals surface area contributed by atoms with E-state index in [0.29, 0.717) is 12.1 Å². The van der Waals surface area contributed by atoms with E-state index in [9.17, 15) is 31.5 Å². The van der Waals surface area contributed by atoms with Gasteiger partial charge in [-0.2, -0.15) is 18.4 Å². The minimum atomic E-state index is -5.09. The molecule has 0 amide bonds. The fraction of sp³-hybridized carbons (Fsp3) is 0.0833. The molecular formula is C12H3F5N2O3. The van der Waals surface area contributed by atoms with Gasteiger partial charge < -0.3 is 4.42 Å². The van der Waals surface area contributed by atoms with Crippen LogP contribution in [-0.2, 0) is 6.18 Å². The molecule has 2 rings (SSSR count). The number of hydrogen-bond acceptors (Lipinski definition) is 4. The Labute approximate surface area is 117 Å². The molecule has 0 aliphatic rings. The zero-order valence-electron chi connectivity index (χ0n) is 10.2. The maximum atomic E-state index is 13.7. The van der Waals surface area contributed by atoms with Crippen LogP contribution in [0.15, 0.2) is 32.2 Å². The first kappa shape index (κ1) is 15.4. The molecule has 0 spiro atoms. The van der Waals surface area contributed by atoms with Crippen LogP contribution in [0.4, 0.5) is 22.0 Å². The summed E-state index contributed by atoms with van der Waals surface area (Å²) in [6, 6.07) is 1.98. The standard InChI is InChI=1S/C12H3F5N2O3/c13-6-2-8(7(14)1-5(6)4-18)19-10(20)3-9(12(15,16)17)22-11(19)21/h1-3H. The topological polar surface area (TPSA) is 76.0 Å². The van der Waals surface area contributed by atoms with Crippen molar-refractivity contribution in [2.45, 2.75) is 6.18 Å². The number of halogens is 5. The summed E-state index contributed by atoms with van der Waals surface area (Å²) in [6.45, 7) is 0. The summed E-state index contributed by atoms with van der Waals surface area (Å²) in [5.74, 6) is -6.33. The van der Waals surface area contributed by atoms with Crippen molar-refractivity contribution < 1.29 is 26.4 Å². The summed E-state index contributed by atoms with van der Waals surface area (Å²) in [5, 5.41) is 8.51. The molecule has 0 atom stereocenters. The lowest BCUT2D eigenvalue weighted by Crippen LogP contribution is -2.33. The van der Waals surface area contributed by atoms with Crippen LogP contribution in [-0.4, -0.2) is 4.57 Å². The van der Waals surface area contributed by atoms with Gasteiger partial charge in [-0.25, -0.2) is 18.1 Å². The van der Waals surface area contributed by atoms with Crippen molar-refractivity contribution in [3.63, 3.8) is 0 Å². The third-order valence-corrected chi connectivity index (χ3v) is 2.53. The quantitative estimate of drug-likeness (QED) is 0.753. The first-order valence-corrected chi connectivity index (χ1v) is 5.39. The van der Waals surface area contributed by atoms with Crippen LogP contribution in [0.1, 0.15) is 11.3 Å². The number of alkyl halides is 3. The van der Waals surface area contributed by atoms with Crippen molar-refractivity contribution >= 4 is 0 Å². The van der Waals surface area contributed by atoms with Crippen molar-refractivity contribution in [2.75, 3.05) is 0 Å². The molecule has 22 heavy (non-hydrogen) atoms. The molecule has 5 nitrogen and oxygen atoms in total. The molecular weight excluding hydrogens is 315 g/mol. The minimum Gasteiger partial charge on any atom is -0.404 e. The fourth-order valence-corrected chi connectivity index (χ4v) is 1.59. The Morgan fingerprint density at radius 1 is 1.09 bits per heavy atom. The molecule has 1 aromatic carbocycles. The van der Waals surface area contributed by atoms with E-state index in [2.05, 4.69) is 4.42 Å². The Morgan fingerprint density at radius 3 is 2.23 bits per heavy atom. The van der Waals surface area contributed by atoms with E-state index >= 15 is 0 Å². The van der Waals surface area contributed by atoms with Crippen LogP contribution in [0.2, 0.25) is 0 Å². The smallest absolute Gasteiger partial charge is 0.404 e. The molecule has 10 heteroatoms. The third kappa shape index (κ3) is 2.60. The second-order valence-electron chi connectivity index (χ2n) is 3.94. The van der Waals surface area contributed by atoms with Crippen molar-refractivity contribution in [3.05, 3.63) is 62.1 Å². The number of nitriles is 1. The van der Waals surface area contributed by atoms with Gasteiger partial charge in [0, 0.05) is 6.07 Å². The van der Waals surface area contributed by atoms with Gasteiger partial charge in [0.25, 0.3) is 5.56 Å². The van der Waals surface area contributed by atoms with Crippen LogP contribution in [0, 0.1) is 23.0 Å². The van der Waals surface area contributed by atoms with Crippen LogP contribution < -0.4 is 11.3 Å². The first-order valence-electron chi connectivity index (χ1n) is 5.39. The Hall–Kier alpha value is -2.96. The molecule has 0 bridgehead atoms. The SMILES string of the molecule is N#Cc1cc(F)c(-n2c(=O)cc(C(F)(F)F)oc2=O)cc1F. The molecule has 0 saturated carbocycles. The maximum absolute atomic E-state index is 13.7. The van der Waals surface area contributed by atoms with Gasteiger partial charge in [-0.3, -0.25) is 4.79 Å². The van der Waals surface area contributed by atoms with Gasteiger partial charge in [-0.15, -0.1) is 0 Å². The highest BCUT2D eigenvalue weighted by molar-refractivity contribution is 5.42. The highest BCUT2D eigenvalue weighted by Gasteiger charge is 2.35. The van der Waals surface area contributed by atoms with Crippen LogP contribution in [0.25, 0.3) is 5.69 Å². The van der Waals surface area contributed by atoms with Crippen LogP contribution in [0.5, 0.6) is 0 Å². The number of nitrogens with zero attached hydrogens (tertiary/aromatic N) is 2. The van der Waals surface area contributed by atoms with Gasteiger partial charge in [0.2, 0.25) is 5.76 Å². The monoisotopic (exact) mass is 318 g/mol. The lowest BCUT2D eigenvalue weighted by Gasteiger charge is -2.08. The molecule has 1 aromatic heterocycles. The lowest BCUT2D eigenvalue weighted by atomic mass is 10.2. The van der Waals surface area contributed by atoms with Crippen LogP contribution >= 0.6 is 0 Å². The van der Waals surface area contributed by atoms with E-state index in [-0.39, 0.29) is 10.6 Å². The number of benzene rings is 1. The summed E-state index contributed by atoms with van der Waals surface area (Å²) >= 11 is 0. The Morgan fingerprint density at radius 2 is 1.73 bits per heavy atom. The van der Waals surface area contributed by atoms with E-state index in [1.165, 1.54) is 6.07 Å². The summed E-state index contributed by atoms with van der Waals surface area (Å²) in [7, 11) is 0. The molecule has 0 unspecified atom stereocenters. The summed E-state index contributed by atoms with van der Waals surface area (Å²) in [5.41, 5.74) is -3.24. The normalized spacial score (nSPS) is 11.3. The van der Waals surface area contributed by atoms with Crippen molar-refractivity contribution in [1.82, 2.24) is 4.57 Å². The number of hydrogen-bond donors (Lipinski definition) is 0. The summed E-state index contributed by atoms with van der Waals surface area (Å²) < 4.78 is 68.0. The van der Waals surface area contributed by atoms with Gasteiger partial charge in [0.05, 0.1) is 17.3 Å². The van der Waals surface area contributed by atoms with Crippen molar-refractivity contribution in [3.8, 4) is 11.8 Å². The third-order valence-electron chi connectivity index (χ3n) is 2.53. The average Bonchev–Trinajstić information content (AvgIpc) is 2.40. The predicted octanol–water partition coefficient (Wildman–Crippen LogP) is 1.96. The van der Waals surface area contributed by atoms with Crippen LogP contribution in [0.3, 0.4) is 0 Å². The van der Waals surface area contributed by atoms with E-state index in [1.807, 2.05) is 0 Å². The molecule has 0 radical (unpaired) electrons. The van der Waals surface area contributed by atoms with E-state index in [4.69, 9.17) is 5.26 Å². The molecule has 0 aliphatic carbocycles. The highest BCUT2D eigenvalue weighted by Crippen LogP contribution is 2.27. The minimum absolute atomic E-state index is 0.0725. The van der Waals surface area contributed by atoms with E-state index in [1.54, 1.807) is 0 Å². The molecule has 0 saturated heterocycles. The first-order chi connectivity index (χ1) is 10.1. The Kier molecular flexibility index (Phi) is 3.58. The average molecular weight is 318 g/mol. The maximum Gasteiger partial charge on any atom is 0.449 e. The predicted molar refractivity (Wildman–Crippen MR) is 60.2 cm³/mol. The summed E-state index contributed by atoms with van der Waals surface area (Å²) in [4.78, 5) is 23.0. The number of aromatic nitrogens is 1. The van der Waals surface area contributed by atoms with Gasteiger partial charge in [0.1, 0.15) is 17.7 Å². The Balaban J connectivity index is 2.76. The Bertz CT molecular complexity index is 874. The molecule has 114 valence electrons. The largest absolute Gasteiger partial charge is 0.449 e. The van der Waals surface area contributed by atoms with Crippen molar-refractivity contribution in [2.24, 2.45) is 0 Å². The second kappa shape index (κ2) is 5.10. The number of rotatable bonds is 1. The zero-order valence-corrected chi connectivity index (χ0v) is 10.2. The summed E-state index contributed by atoms with van der Waals surface area (Å²) in [6.07, 6.45) is -5.09. The molecule has 0 fully saturated rings. The van der Waals surface area contributed by atoms with E-state index < -0.39 is 46.1 Å². The van der Waals surface area contributed by atoms with E-state index in [0.717, 1.165) is 0 Å². The molecule has 2 aromatic rings.